The minimum absolute atomic E-state index is 0.146. The Kier molecular flexibility index (Phi) is 3.50. The Balaban J connectivity index is 2.17. The maximum atomic E-state index is 11.8. The normalized spacial score (nSPS) is 12.3. The van der Waals surface area contributed by atoms with Crippen molar-refractivity contribution in [2.24, 2.45) is 0 Å². The van der Waals surface area contributed by atoms with E-state index in [2.05, 4.69) is 0 Å². The Bertz CT molecular complexity index is 739. The zero-order valence-corrected chi connectivity index (χ0v) is 11.5. The quantitative estimate of drug-likeness (QED) is 0.934. The maximum absolute atomic E-state index is 11.8. The molecule has 1 N–H and O–H groups in total. The average Bonchev–Trinajstić information content (AvgIpc) is 2.90. The summed E-state index contributed by atoms with van der Waals surface area (Å²) in [5.74, 6) is 1.44. The van der Waals surface area contributed by atoms with E-state index < -0.39 is 0 Å². The number of hydrogen-bond acceptors (Lipinski definition) is 5. The van der Waals surface area contributed by atoms with Crippen LogP contribution in [0.15, 0.2) is 41.2 Å². The van der Waals surface area contributed by atoms with E-state index in [4.69, 9.17) is 14.2 Å². The third-order valence-electron chi connectivity index (χ3n) is 3.40. The van der Waals surface area contributed by atoms with Crippen LogP contribution in [0.3, 0.4) is 0 Å². The van der Waals surface area contributed by atoms with Gasteiger partial charge in [0.05, 0.1) is 13.7 Å². The molecule has 2 aromatic rings. The molecular formula is C16H14O5. The predicted molar refractivity (Wildman–Crippen MR) is 76.7 cm³/mol. The monoisotopic (exact) mass is 286 g/mol. The molecular weight excluding hydrogens is 272 g/mol. The molecule has 0 aromatic heterocycles. The summed E-state index contributed by atoms with van der Waals surface area (Å²) >= 11 is 0. The maximum Gasteiger partial charge on any atom is 0.231 e. The van der Waals surface area contributed by atoms with Crippen LogP contribution in [0.25, 0.3) is 11.1 Å². The van der Waals surface area contributed by atoms with Gasteiger partial charge in [-0.15, -0.1) is 0 Å². The highest BCUT2D eigenvalue weighted by Gasteiger charge is 2.20. The second-order valence-electron chi connectivity index (χ2n) is 4.54. The van der Waals surface area contributed by atoms with E-state index in [-0.39, 0.29) is 24.6 Å². The minimum atomic E-state index is -0.199. The van der Waals surface area contributed by atoms with Gasteiger partial charge in [-0.05, 0) is 29.3 Å². The van der Waals surface area contributed by atoms with Crippen molar-refractivity contribution in [1.82, 2.24) is 0 Å². The molecule has 5 nitrogen and oxygen atoms in total. The zero-order valence-electron chi connectivity index (χ0n) is 11.5. The first-order valence-electron chi connectivity index (χ1n) is 6.45. The van der Waals surface area contributed by atoms with Gasteiger partial charge in [0.25, 0.3) is 0 Å². The Morgan fingerprint density at radius 2 is 1.95 bits per heavy atom. The molecule has 5 heteroatoms. The van der Waals surface area contributed by atoms with Crippen LogP contribution in [-0.2, 0) is 6.61 Å². The number of ether oxygens (including phenoxy) is 3. The van der Waals surface area contributed by atoms with Gasteiger partial charge in [-0.3, -0.25) is 4.79 Å². The van der Waals surface area contributed by atoms with Gasteiger partial charge >= 0.3 is 0 Å². The summed E-state index contributed by atoms with van der Waals surface area (Å²) in [4.78, 5) is 11.8. The summed E-state index contributed by atoms with van der Waals surface area (Å²) in [6.45, 7) is -0.0330. The van der Waals surface area contributed by atoms with Gasteiger partial charge in [-0.25, -0.2) is 0 Å². The van der Waals surface area contributed by atoms with Gasteiger partial charge in [0.2, 0.25) is 12.2 Å². The highest BCUT2D eigenvalue weighted by Crippen LogP contribution is 2.40. The molecule has 1 aliphatic heterocycles. The average molecular weight is 286 g/mol. The molecule has 0 aliphatic carbocycles. The first kappa shape index (κ1) is 13.5. The Morgan fingerprint density at radius 1 is 1.14 bits per heavy atom. The summed E-state index contributed by atoms with van der Waals surface area (Å²) in [6.07, 6.45) is 0. The van der Waals surface area contributed by atoms with Crippen LogP contribution in [-0.4, -0.2) is 19.0 Å². The van der Waals surface area contributed by atoms with Crippen LogP contribution in [0.5, 0.6) is 17.2 Å². The highest BCUT2D eigenvalue weighted by atomic mass is 16.7. The lowest BCUT2D eigenvalue weighted by atomic mass is 10.00. The number of methoxy groups -OCH3 is 1. The molecule has 1 aliphatic rings. The van der Waals surface area contributed by atoms with Gasteiger partial charge in [0.1, 0.15) is 0 Å². The van der Waals surface area contributed by atoms with Crippen molar-refractivity contribution in [2.75, 3.05) is 13.9 Å². The van der Waals surface area contributed by atoms with Crippen LogP contribution < -0.4 is 19.6 Å². The molecule has 0 atom stereocenters. The number of aliphatic hydroxyl groups is 1. The van der Waals surface area contributed by atoms with E-state index in [1.54, 1.807) is 24.3 Å². The summed E-state index contributed by atoms with van der Waals surface area (Å²) < 4.78 is 15.7. The molecule has 3 rings (SSSR count). The first-order chi connectivity index (χ1) is 10.2. The largest absolute Gasteiger partial charge is 0.493 e. The van der Waals surface area contributed by atoms with Crippen molar-refractivity contribution >= 4 is 0 Å². The van der Waals surface area contributed by atoms with Gasteiger partial charge in [0, 0.05) is 5.56 Å². The number of fused-ring (bicyclic) bond motifs is 1. The predicted octanol–water partition coefficient (Wildman–Crippen LogP) is 1.94. The Labute approximate surface area is 121 Å². The van der Waals surface area contributed by atoms with Gasteiger partial charge in [-0.1, -0.05) is 18.2 Å². The van der Waals surface area contributed by atoms with Crippen molar-refractivity contribution in [3.8, 4) is 28.4 Å². The molecule has 0 saturated heterocycles. The summed E-state index contributed by atoms with van der Waals surface area (Å²) in [7, 11) is 1.45. The number of hydrogen-bond donors (Lipinski definition) is 1. The lowest BCUT2D eigenvalue weighted by molar-refractivity contribution is 0.171. The topological polar surface area (TPSA) is 65.0 Å². The smallest absolute Gasteiger partial charge is 0.231 e. The summed E-state index contributed by atoms with van der Waals surface area (Å²) in [6, 6.07) is 10.2. The van der Waals surface area contributed by atoms with Crippen molar-refractivity contribution in [2.45, 2.75) is 6.61 Å². The van der Waals surface area contributed by atoms with Gasteiger partial charge in [-0.2, -0.15) is 0 Å². The number of rotatable bonds is 3. The van der Waals surface area contributed by atoms with Gasteiger partial charge < -0.3 is 19.3 Å². The molecule has 0 unspecified atom stereocenters. The van der Waals surface area contributed by atoms with E-state index in [1.165, 1.54) is 13.2 Å². The SMILES string of the molecule is COc1ccc(-c2ccc3c(c2CO)OCO3)ccc1=O. The second-order valence-corrected chi connectivity index (χ2v) is 4.54. The molecule has 0 bridgehead atoms. The standard InChI is InChI=1S/C16H14O5/c1-19-14-6-3-10(2-5-13(14)18)11-4-7-15-16(12(11)8-17)21-9-20-15/h2-7,17H,8-9H2,1H3. The zero-order chi connectivity index (χ0) is 14.8. The first-order valence-corrected chi connectivity index (χ1v) is 6.45. The van der Waals surface area contributed by atoms with E-state index in [9.17, 15) is 9.90 Å². The van der Waals surface area contributed by atoms with Crippen LogP contribution in [0.4, 0.5) is 0 Å². The lowest BCUT2D eigenvalue weighted by Crippen LogP contribution is -1.98. The van der Waals surface area contributed by atoms with Crippen molar-refractivity contribution in [3.63, 3.8) is 0 Å². The fraction of sp³-hybridized carbons (Fsp3) is 0.188. The second kappa shape index (κ2) is 5.46. The Hall–Kier alpha value is -2.53. The third kappa shape index (κ3) is 2.32. The molecule has 0 amide bonds. The van der Waals surface area contributed by atoms with E-state index in [0.717, 1.165) is 11.1 Å². The van der Waals surface area contributed by atoms with Crippen LogP contribution in [0.2, 0.25) is 0 Å². The third-order valence-corrected chi connectivity index (χ3v) is 3.40. The Morgan fingerprint density at radius 3 is 2.71 bits per heavy atom. The van der Waals surface area contributed by atoms with E-state index in [1.807, 2.05) is 6.07 Å². The molecule has 0 spiro atoms. The lowest BCUT2D eigenvalue weighted by Gasteiger charge is -2.09. The molecule has 21 heavy (non-hydrogen) atoms. The van der Waals surface area contributed by atoms with Crippen molar-refractivity contribution in [1.29, 1.82) is 0 Å². The summed E-state index contributed by atoms with van der Waals surface area (Å²) in [5, 5.41) is 9.64. The fourth-order valence-electron chi connectivity index (χ4n) is 2.36. The molecule has 0 radical (unpaired) electrons. The minimum Gasteiger partial charge on any atom is -0.493 e. The molecule has 1 heterocycles. The number of benzene rings is 1. The van der Waals surface area contributed by atoms with Crippen LogP contribution in [0, 0.1) is 0 Å². The molecule has 0 saturated carbocycles. The van der Waals surface area contributed by atoms with Crippen molar-refractivity contribution in [3.05, 3.63) is 52.2 Å². The molecule has 0 fully saturated rings. The molecule has 108 valence electrons. The fourth-order valence-corrected chi connectivity index (χ4v) is 2.36. The van der Waals surface area contributed by atoms with Crippen LogP contribution >= 0.6 is 0 Å². The van der Waals surface area contributed by atoms with Gasteiger partial charge in [0.15, 0.2) is 17.2 Å². The molecule has 2 aromatic carbocycles. The highest BCUT2D eigenvalue weighted by molar-refractivity contribution is 5.72. The van der Waals surface area contributed by atoms with Crippen LogP contribution in [0.1, 0.15) is 5.56 Å². The number of aliphatic hydroxyl groups excluding tert-OH is 1. The van der Waals surface area contributed by atoms with E-state index >= 15 is 0 Å². The van der Waals surface area contributed by atoms with Crippen molar-refractivity contribution < 1.29 is 19.3 Å². The van der Waals surface area contributed by atoms with E-state index in [0.29, 0.717) is 17.1 Å². The summed E-state index contributed by atoms with van der Waals surface area (Å²) in [5.41, 5.74) is 2.02.